The molecule has 5 nitrogen and oxygen atoms in total. The van der Waals surface area contributed by atoms with Gasteiger partial charge in [-0.05, 0) is 50.5 Å². The molecule has 0 unspecified atom stereocenters. The Kier molecular flexibility index (Phi) is 4.86. The van der Waals surface area contributed by atoms with Crippen molar-refractivity contribution in [2.24, 2.45) is 0 Å². The number of anilines is 1. The Morgan fingerprint density at radius 1 is 1.30 bits per heavy atom. The largest absolute Gasteiger partial charge is 0.489 e. The summed E-state index contributed by atoms with van der Waals surface area (Å²) in [5.41, 5.74) is 2.59. The van der Waals surface area contributed by atoms with Gasteiger partial charge >= 0.3 is 0 Å². The Morgan fingerprint density at radius 3 is 2.96 bits per heavy atom. The number of fused-ring (bicyclic) bond motifs is 2. The molecule has 2 aromatic carbocycles. The highest BCUT2D eigenvalue weighted by Crippen LogP contribution is 2.36. The van der Waals surface area contributed by atoms with E-state index >= 15 is 0 Å². The van der Waals surface area contributed by atoms with E-state index in [-0.39, 0.29) is 5.60 Å². The van der Waals surface area contributed by atoms with Gasteiger partial charge < -0.3 is 18.7 Å². The molecule has 0 spiro atoms. The topological polar surface area (TPSA) is 56.5 Å². The first-order valence-electron chi connectivity index (χ1n) is 8.77. The Balaban J connectivity index is 1.53. The van der Waals surface area contributed by atoms with Crippen molar-refractivity contribution in [3.63, 3.8) is 0 Å². The van der Waals surface area contributed by atoms with Gasteiger partial charge in [0.2, 0.25) is 0 Å². The predicted molar refractivity (Wildman–Crippen MR) is 110 cm³/mol. The summed E-state index contributed by atoms with van der Waals surface area (Å²) in [6.45, 7) is 4.55. The molecule has 1 aromatic heterocycles. The summed E-state index contributed by atoms with van der Waals surface area (Å²) < 4.78 is 20.5. The van der Waals surface area contributed by atoms with E-state index in [1.807, 2.05) is 30.5 Å². The second-order valence-electron chi connectivity index (χ2n) is 7.20. The summed E-state index contributed by atoms with van der Waals surface area (Å²) in [7, 11) is 0. The molecule has 0 fully saturated rings. The lowest BCUT2D eigenvalue weighted by atomic mass is 9.94. The van der Waals surface area contributed by atoms with Gasteiger partial charge in [-0.25, -0.2) is 0 Å². The first kappa shape index (κ1) is 18.3. The fourth-order valence-electron chi connectivity index (χ4n) is 3.15. The van der Waals surface area contributed by atoms with Crippen molar-refractivity contribution in [1.82, 2.24) is 5.16 Å². The Morgan fingerprint density at radius 2 is 2.15 bits per heavy atom. The first-order valence-corrected chi connectivity index (χ1v) is 10.4. The van der Waals surface area contributed by atoms with Crippen LogP contribution in [0.25, 0.3) is 11.0 Å². The fourth-order valence-corrected chi connectivity index (χ4v) is 3.71. The van der Waals surface area contributed by atoms with Crippen molar-refractivity contribution < 1.29 is 14.0 Å². The standard InChI is InChI=1S/C20H21ClN2O3S/c1-20(2)7-6-12-4-5-14(9-17(12)25-20)24-11-13-8-18-15(10-16(13)21)19(22-26-18)23-27-3/h4-5,8-10H,6-7,11H2,1-3H3,(H,22,23). The second kappa shape index (κ2) is 7.17. The number of benzene rings is 2. The third-order valence-electron chi connectivity index (χ3n) is 4.65. The van der Waals surface area contributed by atoms with E-state index in [0.29, 0.717) is 23.0 Å². The minimum atomic E-state index is -0.144. The van der Waals surface area contributed by atoms with Crippen molar-refractivity contribution in [2.45, 2.75) is 38.9 Å². The van der Waals surface area contributed by atoms with Crippen LogP contribution in [0, 0.1) is 0 Å². The van der Waals surface area contributed by atoms with Crippen LogP contribution in [0.3, 0.4) is 0 Å². The molecule has 0 bridgehead atoms. The number of halogens is 1. The van der Waals surface area contributed by atoms with Crippen LogP contribution in [-0.2, 0) is 13.0 Å². The fraction of sp³-hybridized carbons (Fsp3) is 0.350. The highest BCUT2D eigenvalue weighted by atomic mass is 35.5. The third-order valence-corrected chi connectivity index (χ3v) is 5.40. The lowest BCUT2D eigenvalue weighted by Gasteiger charge is -2.32. The normalized spacial score (nSPS) is 15.3. The minimum absolute atomic E-state index is 0.144. The van der Waals surface area contributed by atoms with Gasteiger partial charge in [-0.15, -0.1) is 0 Å². The molecule has 2 heterocycles. The van der Waals surface area contributed by atoms with E-state index in [2.05, 4.69) is 29.8 Å². The van der Waals surface area contributed by atoms with E-state index < -0.39 is 0 Å². The summed E-state index contributed by atoms with van der Waals surface area (Å²) >= 11 is 7.89. The summed E-state index contributed by atoms with van der Waals surface area (Å²) in [6.07, 6.45) is 3.96. The SMILES string of the molecule is CSNc1noc2cc(COc3ccc4c(c3)OC(C)(C)CC4)c(Cl)cc12. The smallest absolute Gasteiger partial charge is 0.187 e. The van der Waals surface area contributed by atoms with Crippen LogP contribution in [0.4, 0.5) is 5.82 Å². The Bertz CT molecular complexity index is 987. The summed E-state index contributed by atoms with van der Waals surface area (Å²) in [4.78, 5) is 0. The molecule has 4 rings (SSSR count). The van der Waals surface area contributed by atoms with Crippen molar-refractivity contribution in [1.29, 1.82) is 0 Å². The molecule has 0 atom stereocenters. The van der Waals surface area contributed by atoms with Gasteiger partial charge in [0.05, 0.1) is 5.39 Å². The average molecular weight is 405 g/mol. The molecule has 1 aliphatic heterocycles. The van der Waals surface area contributed by atoms with Crippen LogP contribution >= 0.6 is 23.5 Å². The van der Waals surface area contributed by atoms with Crippen LogP contribution in [-0.4, -0.2) is 17.0 Å². The molecule has 142 valence electrons. The average Bonchev–Trinajstić information content (AvgIpc) is 3.00. The summed E-state index contributed by atoms with van der Waals surface area (Å²) in [5, 5.41) is 5.49. The maximum Gasteiger partial charge on any atom is 0.187 e. The van der Waals surface area contributed by atoms with Gasteiger partial charge in [-0.1, -0.05) is 34.8 Å². The number of rotatable bonds is 5. The molecular formula is C20H21ClN2O3S. The summed E-state index contributed by atoms with van der Waals surface area (Å²) in [6, 6.07) is 9.72. The van der Waals surface area contributed by atoms with E-state index in [9.17, 15) is 0 Å². The lowest BCUT2D eigenvalue weighted by molar-refractivity contribution is 0.0842. The number of nitrogens with one attached hydrogen (secondary N) is 1. The van der Waals surface area contributed by atoms with Gasteiger partial charge in [0.1, 0.15) is 23.7 Å². The number of hydrogen-bond donors (Lipinski definition) is 1. The molecule has 1 aliphatic rings. The quantitative estimate of drug-likeness (QED) is 0.538. The number of aromatic nitrogens is 1. The third kappa shape index (κ3) is 3.82. The highest BCUT2D eigenvalue weighted by molar-refractivity contribution is 7.99. The Labute approximate surface area is 167 Å². The van der Waals surface area contributed by atoms with Gasteiger partial charge in [-0.3, -0.25) is 0 Å². The molecule has 0 saturated carbocycles. The van der Waals surface area contributed by atoms with Gasteiger partial charge in [0.15, 0.2) is 11.4 Å². The summed E-state index contributed by atoms with van der Waals surface area (Å²) in [5.74, 6) is 2.32. The number of hydrogen-bond acceptors (Lipinski definition) is 6. The second-order valence-corrected chi connectivity index (χ2v) is 8.22. The molecule has 0 amide bonds. The van der Waals surface area contributed by atoms with Crippen LogP contribution in [0.1, 0.15) is 31.4 Å². The van der Waals surface area contributed by atoms with E-state index in [1.54, 1.807) is 0 Å². The van der Waals surface area contributed by atoms with Crippen LogP contribution < -0.4 is 14.2 Å². The molecule has 27 heavy (non-hydrogen) atoms. The monoisotopic (exact) mass is 404 g/mol. The Hall–Kier alpha value is -2.05. The van der Waals surface area contributed by atoms with Crippen molar-refractivity contribution in [3.05, 3.63) is 46.5 Å². The first-order chi connectivity index (χ1) is 12.9. The van der Waals surface area contributed by atoms with Crippen LogP contribution in [0.5, 0.6) is 11.5 Å². The molecule has 7 heteroatoms. The lowest BCUT2D eigenvalue weighted by Crippen LogP contribution is -2.32. The van der Waals surface area contributed by atoms with Crippen LogP contribution in [0.2, 0.25) is 5.02 Å². The van der Waals surface area contributed by atoms with E-state index in [4.69, 9.17) is 25.6 Å². The predicted octanol–water partition coefficient (Wildman–Crippen LogP) is 5.85. The van der Waals surface area contributed by atoms with E-state index in [1.165, 1.54) is 17.5 Å². The zero-order valence-corrected chi connectivity index (χ0v) is 17.0. The molecular weight excluding hydrogens is 384 g/mol. The zero-order chi connectivity index (χ0) is 19.0. The molecule has 3 aromatic rings. The van der Waals surface area contributed by atoms with Crippen LogP contribution in [0.15, 0.2) is 34.9 Å². The highest BCUT2D eigenvalue weighted by Gasteiger charge is 2.26. The number of aryl methyl sites for hydroxylation is 1. The maximum absolute atomic E-state index is 6.44. The maximum atomic E-state index is 6.44. The zero-order valence-electron chi connectivity index (χ0n) is 15.5. The molecule has 1 N–H and O–H groups in total. The van der Waals surface area contributed by atoms with Crippen molar-refractivity contribution in [2.75, 3.05) is 11.0 Å². The van der Waals surface area contributed by atoms with Gasteiger partial charge in [-0.2, -0.15) is 0 Å². The van der Waals surface area contributed by atoms with Crippen molar-refractivity contribution in [3.8, 4) is 11.5 Å². The number of nitrogens with zero attached hydrogens (tertiary/aromatic N) is 1. The van der Waals surface area contributed by atoms with Gasteiger partial charge in [0.25, 0.3) is 0 Å². The number of ether oxygens (including phenoxy) is 2. The van der Waals surface area contributed by atoms with E-state index in [0.717, 1.165) is 35.3 Å². The molecule has 0 radical (unpaired) electrons. The molecule has 0 aliphatic carbocycles. The van der Waals surface area contributed by atoms with Crippen molar-refractivity contribution >= 4 is 40.3 Å². The molecule has 0 saturated heterocycles. The van der Waals surface area contributed by atoms with Gasteiger partial charge in [0, 0.05) is 22.9 Å². The minimum Gasteiger partial charge on any atom is -0.489 e.